The molecule has 0 unspecified atom stereocenters. The van der Waals surface area contributed by atoms with Gasteiger partial charge in [-0.2, -0.15) is 0 Å². The number of esters is 1. The first-order valence-electron chi connectivity index (χ1n) is 10.2. The molecule has 1 aromatic heterocycles. The van der Waals surface area contributed by atoms with Crippen molar-refractivity contribution in [3.63, 3.8) is 0 Å². The topological polar surface area (TPSA) is 93.4 Å². The van der Waals surface area contributed by atoms with Crippen molar-refractivity contribution >= 4 is 16.9 Å². The average Bonchev–Trinajstić information content (AvgIpc) is 2.87. The van der Waals surface area contributed by atoms with Gasteiger partial charge in [0.15, 0.2) is 16.9 Å². The molecule has 4 rings (SSSR count). The zero-order valence-corrected chi connectivity index (χ0v) is 19.0. The zero-order chi connectivity index (χ0) is 24.2. The van der Waals surface area contributed by atoms with Crippen molar-refractivity contribution in [3.05, 3.63) is 76.5 Å². The molecule has 1 heterocycles. The van der Waals surface area contributed by atoms with Crippen LogP contribution in [-0.2, 0) is 0 Å². The number of benzene rings is 3. The third-order valence-electron chi connectivity index (χ3n) is 5.19. The summed E-state index contributed by atoms with van der Waals surface area (Å²) in [6, 6.07) is 16.0. The minimum Gasteiger partial charge on any atom is -0.496 e. The fourth-order valence-corrected chi connectivity index (χ4v) is 3.54. The lowest BCUT2D eigenvalue weighted by Gasteiger charge is -2.14. The molecule has 0 bridgehead atoms. The largest absolute Gasteiger partial charge is 0.496 e. The molecular formula is C26H22O8. The summed E-state index contributed by atoms with van der Waals surface area (Å²) >= 11 is 0. The van der Waals surface area contributed by atoms with Crippen LogP contribution in [0.1, 0.15) is 10.4 Å². The average molecular weight is 462 g/mol. The van der Waals surface area contributed by atoms with E-state index in [1.807, 2.05) is 0 Å². The van der Waals surface area contributed by atoms with E-state index in [-0.39, 0.29) is 22.1 Å². The first-order valence-corrected chi connectivity index (χ1v) is 10.2. The summed E-state index contributed by atoms with van der Waals surface area (Å²) in [7, 11) is 5.99. The fourth-order valence-electron chi connectivity index (χ4n) is 3.54. The number of para-hydroxylation sites is 1. The van der Waals surface area contributed by atoms with Crippen molar-refractivity contribution in [2.75, 3.05) is 28.4 Å². The van der Waals surface area contributed by atoms with E-state index in [0.717, 1.165) is 0 Å². The maximum atomic E-state index is 12.9. The van der Waals surface area contributed by atoms with Gasteiger partial charge < -0.3 is 28.1 Å². The maximum absolute atomic E-state index is 12.9. The summed E-state index contributed by atoms with van der Waals surface area (Å²) in [6.07, 6.45) is 0. The van der Waals surface area contributed by atoms with E-state index in [0.29, 0.717) is 39.9 Å². The second-order valence-electron chi connectivity index (χ2n) is 7.14. The van der Waals surface area contributed by atoms with Gasteiger partial charge in [-0.1, -0.05) is 12.1 Å². The highest BCUT2D eigenvalue weighted by Crippen LogP contribution is 2.41. The molecule has 0 amide bonds. The van der Waals surface area contributed by atoms with Gasteiger partial charge in [-0.25, -0.2) is 4.79 Å². The molecule has 0 atom stereocenters. The quantitative estimate of drug-likeness (QED) is 0.288. The summed E-state index contributed by atoms with van der Waals surface area (Å²) in [4.78, 5) is 25.5. The van der Waals surface area contributed by atoms with E-state index in [9.17, 15) is 9.59 Å². The van der Waals surface area contributed by atoms with Gasteiger partial charge in [0.05, 0.1) is 33.8 Å². The molecule has 174 valence electrons. The first-order chi connectivity index (χ1) is 16.5. The van der Waals surface area contributed by atoms with E-state index in [2.05, 4.69) is 0 Å². The van der Waals surface area contributed by atoms with Gasteiger partial charge in [-0.15, -0.1) is 0 Å². The van der Waals surface area contributed by atoms with Crippen molar-refractivity contribution in [1.29, 1.82) is 0 Å². The lowest BCUT2D eigenvalue weighted by molar-refractivity contribution is 0.0731. The predicted molar refractivity (Wildman–Crippen MR) is 126 cm³/mol. The Labute approximate surface area is 195 Å². The van der Waals surface area contributed by atoms with Crippen molar-refractivity contribution < 1.29 is 32.9 Å². The smallest absolute Gasteiger partial charge is 0.347 e. The summed E-state index contributed by atoms with van der Waals surface area (Å²) in [5.74, 6) is 1.60. The molecular weight excluding hydrogens is 440 g/mol. The van der Waals surface area contributed by atoms with Crippen LogP contribution >= 0.6 is 0 Å². The van der Waals surface area contributed by atoms with Gasteiger partial charge in [0, 0.05) is 11.6 Å². The number of ether oxygens (including phenoxy) is 5. The number of rotatable bonds is 7. The van der Waals surface area contributed by atoms with Gasteiger partial charge >= 0.3 is 5.97 Å². The highest BCUT2D eigenvalue weighted by molar-refractivity contribution is 5.94. The van der Waals surface area contributed by atoms with Crippen LogP contribution in [0.15, 0.2) is 69.9 Å². The number of carbonyl (C=O) groups excluding carboxylic acids is 1. The van der Waals surface area contributed by atoms with Gasteiger partial charge in [0.2, 0.25) is 5.75 Å². The Morgan fingerprint density at radius 3 is 2.09 bits per heavy atom. The number of carbonyl (C=O) groups is 1. The number of hydrogen-bond donors (Lipinski definition) is 0. The van der Waals surface area contributed by atoms with Gasteiger partial charge in [0.1, 0.15) is 28.4 Å². The van der Waals surface area contributed by atoms with Crippen molar-refractivity contribution in [3.8, 4) is 40.1 Å². The molecule has 0 spiro atoms. The normalized spacial score (nSPS) is 10.6. The Hall–Kier alpha value is -4.46. The number of fused-ring (bicyclic) bond motifs is 1. The molecule has 8 nitrogen and oxygen atoms in total. The molecule has 8 heteroatoms. The lowest BCUT2D eigenvalue weighted by atomic mass is 10.1. The van der Waals surface area contributed by atoms with E-state index in [4.69, 9.17) is 28.1 Å². The first kappa shape index (κ1) is 22.7. The predicted octanol–water partition coefficient (Wildman–Crippen LogP) is 4.71. The van der Waals surface area contributed by atoms with Gasteiger partial charge in [0.25, 0.3) is 0 Å². The number of methoxy groups -OCH3 is 4. The zero-order valence-electron chi connectivity index (χ0n) is 19.0. The monoisotopic (exact) mass is 462 g/mol. The molecule has 0 N–H and O–H groups in total. The summed E-state index contributed by atoms with van der Waals surface area (Å²) in [5.41, 5.74) is 0.864. The molecule has 4 aromatic rings. The Morgan fingerprint density at radius 2 is 1.44 bits per heavy atom. The minimum atomic E-state index is -0.602. The lowest BCUT2D eigenvalue weighted by Crippen LogP contribution is -2.10. The van der Waals surface area contributed by atoms with Crippen LogP contribution < -0.4 is 29.1 Å². The van der Waals surface area contributed by atoms with Crippen LogP contribution in [0.2, 0.25) is 0 Å². The molecule has 0 radical (unpaired) electrons. The van der Waals surface area contributed by atoms with Crippen molar-refractivity contribution in [2.45, 2.75) is 0 Å². The summed E-state index contributed by atoms with van der Waals surface area (Å²) in [5, 5.41) is 0.265. The standard InChI is InChI=1S/C26H22O8/c1-29-20-8-6-5-7-17(20)26(28)33-16-9-10-21-18(13-16)19(27)14-22(34-21)15-11-23(30-2)25(32-4)24(12-15)31-3/h5-14H,1-4H3. The van der Waals surface area contributed by atoms with Crippen LogP contribution in [0.3, 0.4) is 0 Å². The third kappa shape index (κ3) is 4.25. The molecule has 3 aromatic carbocycles. The molecule has 0 fully saturated rings. The molecule has 0 saturated carbocycles. The van der Waals surface area contributed by atoms with Crippen LogP contribution in [0.4, 0.5) is 0 Å². The second kappa shape index (κ2) is 9.58. The second-order valence-corrected chi connectivity index (χ2v) is 7.14. The third-order valence-corrected chi connectivity index (χ3v) is 5.19. The van der Waals surface area contributed by atoms with Crippen molar-refractivity contribution in [2.24, 2.45) is 0 Å². The Kier molecular flexibility index (Phi) is 6.40. The van der Waals surface area contributed by atoms with Gasteiger partial charge in [-0.05, 0) is 42.5 Å². The van der Waals surface area contributed by atoms with E-state index < -0.39 is 5.97 Å². The summed E-state index contributed by atoms with van der Waals surface area (Å²) < 4.78 is 32.7. The van der Waals surface area contributed by atoms with E-state index >= 15 is 0 Å². The van der Waals surface area contributed by atoms with E-state index in [1.165, 1.54) is 40.6 Å². The van der Waals surface area contributed by atoms with Crippen LogP contribution in [-0.4, -0.2) is 34.4 Å². The van der Waals surface area contributed by atoms with Crippen LogP contribution in [0, 0.1) is 0 Å². The SMILES string of the molecule is COc1ccccc1C(=O)Oc1ccc2oc(-c3cc(OC)c(OC)c(OC)c3)cc(=O)c2c1. The minimum absolute atomic E-state index is 0.205. The molecule has 0 aliphatic heterocycles. The van der Waals surface area contributed by atoms with Crippen molar-refractivity contribution in [1.82, 2.24) is 0 Å². The van der Waals surface area contributed by atoms with Gasteiger partial charge in [-0.3, -0.25) is 4.79 Å². The van der Waals surface area contributed by atoms with E-state index in [1.54, 1.807) is 48.5 Å². The molecule has 0 aliphatic carbocycles. The molecule has 34 heavy (non-hydrogen) atoms. The Balaban J connectivity index is 1.71. The van der Waals surface area contributed by atoms with Crippen LogP contribution in [0.5, 0.6) is 28.7 Å². The molecule has 0 saturated heterocycles. The fraction of sp³-hybridized carbons (Fsp3) is 0.154. The number of hydrogen-bond acceptors (Lipinski definition) is 8. The Morgan fingerprint density at radius 1 is 0.765 bits per heavy atom. The van der Waals surface area contributed by atoms with Crippen LogP contribution in [0.25, 0.3) is 22.3 Å². The highest BCUT2D eigenvalue weighted by Gasteiger charge is 2.18. The molecule has 0 aliphatic rings. The maximum Gasteiger partial charge on any atom is 0.347 e. The summed E-state index contributed by atoms with van der Waals surface area (Å²) in [6.45, 7) is 0. The highest BCUT2D eigenvalue weighted by atomic mass is 16.5. The Bertz CT molecular complexity index is 1400.